The van der Waals surface area contributed by atoms with Gasteiger partial charge in [0, 0.05) is 4.88 Å². The smallest absolute Gasteiger partial charge is 0.350 e. The molecule has 4 nitrogen and oxygen atoms in total. The van der Waals surface area contributed by atoms with Crippen LogP contribution in [0.2, 0.25) is 5.02 Å². The van der Waals surface area contributed by atoms with E-state index in [4.69, 9.17) is 16.3 Å². The summed E-state index contributed by atoms with van der Waals surface area (Å²) in [5, 5.41) is 3.10. The summed E-state index contributed by atoms with van der Waals surface area (Å²) < 4.78 is 4.83. The van der Waals surface area contributed by atoms with Crippen LogP contribution in [-0.2, 0) is 4.74 Å². The minimum Gasteiger partial charge on any atom is -0.465 e. The number of halogens is 1. The molecule has 1 N–H and O–H groups in total. The highest BCUT2D eigenvalue weighted by atomic mass is 35.5. The van der Waals surface area contributed by atoms with Crippen molar-refractivity contribution in [1.29, 1.82) is 0 Å². The van der Waals surface area contributed by atoms with Crippen molar-refractivity contribution >= 4 is 40.5 Å². The lowest BCUT2D eigenvalue weighted by atomic mass is 10.1. The van der Waals surface area contributed by atoms with Crippen LogP contribution in [0.5, 0.6) is 0 Å². The Morgan fingerprint density at radius 2 is 1.72 bits per heavy atom. The molecule has 0 aliphatic heterocycles. The second-order valence-electron chi connectivity index (χ2n) is 5.15. The average Bonchev–Trinajstić information content (AvgIpc) is 3.06. The average molecular weight is 372 g/mol. The van der Waals surface area contributed by atoms with Gasteiger partial charge in [0.1, 0.15) is 4.88 Å². The lowest BCUT2D eigenvalue weighted by Gasteiger charge is -2.06. The van der Waals surface area contributed by atoms with Gasteiger partial charge in [-0.15, -0.1) is 11.3 Å². The Hall–Kier alpha value is -2.63. The lowest BCUT2D eigenvalue weighted by Crippen LogP contribution is -2.14. The van der Waals surface area contributed by atoms with Crippen LogP contribution in [0.1, 0.15) is 20.0 Å². The fraction of sp³-hybridized carbons (Fsp3) is 0.0526. The van der Waals surface area contributed by atoms with E-state index in [1.54, 1.807) is 30.3 Å². The standard InChI is InChI=1S/C19H14ClNO3S/c1-24-19(23)17-15(11-16(25-17)12-7-3-2-4-8-12)21-18(22)13-9-5-6-10-14(13)20/h2-11H,1H3,(H,21,22). The van der Waals surface area contributed by atoms with Gasteiger partial charge in [0.15, 0.2) is 0 Å². The predicted octanol–water partition coefficient (Wildman–Crippen LogP) is 5.11. The number of benzene rings is 2. The molecule has 2 aromatic carbocycles. The first kappa shape index (κ1) is 17.2. The molecule has 0 bridgehead atoms. The highest BCUT2D eigenvalue weighted by Gasteiger charge is 2.20. The lowest BCUT2D eigenvalue weighted by molar-refractivity contribution is 0.0607. The van der Waals surface area contributed by atoms with Crippen molar-refractivity contribution in [3.8, 4) is 10.4 Å². The summed E-state index contributed by atoms with van der Waals surface area (Å²) in [6, 6.07) is 18.1. The molecule has 1 aromatic heterocycles. The second-order valence-corrected chi connectivity index (χ2v) is 6.60. The molecule has 0 aliphatic rings. The zero-order valence-electron chi connectivity index (χ0n) is 13.3. The Morgan fingerprint density at radius 1 is 1.04 bits per heavy atom. The van der Waals surface area contributed by atoms with E-state index in [1.165, 1.54) is 18.4 Å². The van der Waals surface area contributed by atoms with Crippen LogP contribution in [0, 0.1) is 0 Å². The fourth-order valence-electron chi connectivity index (χ4n) is 2.31. The van der Waals surface area contributed by atoms with Crippen molar-refractivity contribution in [3.05, 3.63) is 76.1 Å². The van der Waals surface area contributed by atoms with E-state index in [0.717, 1.165) is 10.4 Å². The number of anilines is 1. The van der Waals surface area contributed by atoms with Crippen molar-refractivity contribution < 1.29 is 14.3 Å². The molecule has 0 saturated heterocycles. The Balaban J connectivity index is 1.97. The van der Waals surface area contributed by atoms with Crippen molar-refractivity contribution in [2.24, 2.45) is 0 Å². The minimum atomic E-state index is -0.498. The van der Waals surface area contributed by atoms with Gasteiger partial charge in [-0.2, -0.15) is 0 Å². The summed E-state index contributed by atoms with van der Waals surface area (Å²) >= 11 is 7.33. The van der Waals surface area contributed by atoms with Gasteiger partial charge in [-0.1, -0.05) is 54.1 Å². The number of carbonyl (C=O) groups excluding carboxylic acids is 2. The van der Waals surface area contributed by atoms with Crippen molar-refractivity contribution in [2.45, 2.75) is 0 Å². The number of rotatable bonds is 4. The Morgan fingerprint density at radius 3 is 2.40 bits per heavy atom. The number of hydrogen-bond acceptors (Lipinski definition) is 4. The molecule has 1 amide bonds. The third-order valence-corrected chi connectivity index (χ3v) is 5.02. The molecule has 3 rings (SSSR count). The minimum absolute atomic E-state index is 0.335. The van der Waals surface area contributed by atoms with E-state index >= 15 is 0 Å². The van der Waals surface area contributed by atoms with Gasteiger partial charge in [-0.3, -0.25) is 4.79 Å². The normalized spacial score (nSPS) is 10.3. The van der Waals surface area contributed by atoms with E-state index in [0.29, 0.717) is 21.2 Å². The van der Waals surface area contributed by atoms with E-state index in [9.17, 15) is 9.59 Å². The number of hydrogen-bond donors (Lipinski definition) is 1. The summed E-state index contributed by atoms with van der Waals surface area (Å²) in [5.41, 5.74) is 1.70. The topological polar surface area (TPSA) is 55.4 Å². The first-order valence-electron chi connectivity index (χ1n) is 7.43. The van der Waals surface area contributed by atoms with Crippen LogP contribution < -0.4 is 5.32 Å². The Kier molecular flexibility index (Phi) is 5.16. The SMILES string of the molecule is COC(=O)c1sc(-c2ccccc2)cc1NC(=O)c1ccccc1Cl. The van der Waals surface area contributed by atoms with Crippen LogP contribution in [0.15, 0.2) is 60.7 Å². The van der Waals surface area contributed by atoms with Crippen LogP contribution >= 0.6 is 22.9 Å². The third-order valence-electron chi connectivity index (χ3n) is 3.53. The number of amides is 1. The zero-order chi connectivity index (χ0) is 17.8. The second kappa shape index (κ2) is 7.51. The fourth-order valence-corrected chi connectivity index (χ4v) is 3.57. The van der Waals surface area contributed by atoms with Crippen LogP contribution in [-0.4, -0.2) is 19.0 Å². The summed E-state index contributed by atoms with van der Waals surface area (Å²) in [5.74, 6) is -0.880. The van der Waals surface area contributed by atoms with Crippen molar-refractivity contribution in [1.82, 2.24) is 0 Å². The quantitative estimate of drug-likeness (QED) is 0.648. The molecule has 25 heavy (non-hydrogen) atoms. The number of nitrogens with one attached hydrogen (secondary N) is 1. The molecule has 3 aromatic rings. The molecular weight excluding hydrogens is 358 g/mol. The molecule has 0 fully saturated rings. The first-order valence-corrected chi connectivity index (χ1v) is 8.63. The summed E-state index contributed by atoms with van der Waals surface area (Å²) in [6.45, 7) is 0. The number of thiophene rings is 1. The molecule has 6 heteroatoms. The molecule has 1 heterocycles. The maximum absolute atomic E-state index is 12.5. The molecule has 0 spiro atoms. The van der Waals surface area contributed by atoms with E-state index in [1.807, 2.05) is 30.3 Å². The molecule has 126 valence electrons. The van der Waals surface area contributed by atoms with Gasteiger partial charge in [0.2, 0.25) is 0 Å². The summed E-state index contributed by atoms with van der Waals surface area (Å²) in [7, 11) is 1.31. The maximum Gasteiger partial charge on any atom is 0.350 e. The van der Waals surface area contributed by atoms with Gasteiger partial charge in [-0.05, 0) is 23.8 Å². The highest BCUT2D eigenvalue weighted by molar-refractivity contribution is 7.18. The number of methoxy groups -OCH3 is 1. The van der Waals surface area contributed by atoms with Crippen molar-refractivity contribution in [3.63, 3.8) is 0 Å². The predicted molar refractivity (Wildman–Crippen MR) is 100 cm³/mol. The molecular formula is C19H14ClNO3S. The summed E-state index contributed by atoms with van der Waals surface area (Å²) in [4.78, 5) is 25.8. The monoisotopic (exact) mass is 371 g/mol. The highest BCUT2D eigenvalue weighted by Crippen LogP contribution is 2.35. The Labute approximate surface area is 154 Å². The molecule has 0 unspecified atom stereocenters. The van der Waals surface area contributed by atoms with Crippen molar-refractivity contribution in [2.75, 3.05) is 12.4 Å². The van der Waals surface area contributed by atoms with Gasteiger partial charge < -0.3 is 10.1 Å². The van der Waals surface area contributed by atoms with Gasteiger partial charge in [-0.25, -0.2) is 4.79 Å². The first-order chi connectivity index (χ1) is 12.1. The van der Waals surface area contributed by atoms with Crippen LogP contribution in [0.25, 0.3) is 10.4 Å². The van der Waals surface area contributed by atoms with E-state index < -0.39 is 5.97 Å². The van der Waals surface area contributed by atoms with E-state index in [2.05, 4.69) is 5.32 Å². The zero-order valence-corrected chi connectivity index (χ0v) is 14.9. The van der Waals surface area contributed by atoms with E-state index in [-0.39, 0.29) is 5.91 Å². The van der Waals surface area contributed by atoms with Gasteiger partial charge in [0.25, 0.3) is 5.91 Å². The molecule has 0 atom stereocenters. The van der Waals surface area contributed by atoms with Crippen LogP contribution in [0.4, 0.5) is 5.69 Å². The van der Waals surface area contributed by atoms with Crippen LogP contribution in [0.3, 0.4) is 0 Å². The molecule has 0 radical (unpaired) electrons. The maximum atomic E-state index is 12.5. The third kappa shape index (κ3) is 3.73. The van der Waals surface area contributed by atoms with Gasteiger partial charge >= 0.3 is 5.97 Å². The number of ether oxygens (including phenoxy) is 1. The number of carbonyl (C=O) groups is 2. The molecule has 0 saturated carbocycles. The summed E-state index contributed by atoms with van der Waals surface area (Å²) in [6.07, 6.45) is 0. The molecule has 0 aliphatic carbocycles. The number of esters is 1. The Bertz CT molecular complexity index is 921. The largest absolute Gasteiger partial charge is 0.465 e. The van der Waals surface area contributed by atoms with Gasteiger partial charge in [0.05, 0.1) is 23.4 Å².